The maximum Gasteiger partial charge on any atom is 0.341 e. The van der Waals surface area contributed by atoms with Gasteiger partial charge in [0.2, 0.25) is 5.95 Å². The fraction of sp³-hybridized carbons (Fsp3) is 0.429. The number of rotatable bonds is 3. The molecule has 0 N–H and O–H groups in total. The molecular formula is C21H19F5N7O. The van der Waals surface area contributed by atoms with Gasteiger partial charge in [0, 0.05) is 44.9 Å². The Kier molecular flexibility index (Phi) is 5.48. The van der Waals surface area contributed by atoms with Crippen LogP contribution in [0.15, 0.2) is 23.3 Å². The molecule has 0 saturated carbocycles. The maximum atomic E-state index is 14.0. The first-order valence-electron chi connectivity index (χ1n) is 10.6. The van der Waals surface area contributed by atoms with E-state index in [0.29, 0.717) is 25.1 Å². The van der Waals surface area contributed by atoms with Crippen LogP contribution in [-0.4, -0.2) is 77.3 Å². The molecule has 2 aromatic rings. The van der Waals surface area contributed by atoms with E-state index in [1.165, 1.54) is 28.3 Å². The van der Waals surface area contributed by atoms with Crippen molar-refractivity contribution in [2.24, 2.45) is 5.10 Å². The Bertz CT molecular complexity index is 1110. The third-order valence-corrected chi connectivity index (χ3v) is 5.93. The van der Waals surface area contributed by atoms with E-state index < -0.39 is 48.5 Å². The van der Waals surface area contributed by atoms with Gasteiger partial charge in [0.15, 0.2) is 11.6 Å². The first kappa shape index (κ1) is 22.3. The summed E-state index contributed by atoms with van der Waals surface area (Å²) < 4.78 is 67.7. The van der Waals surface area contributed by atoms with E-state index in [-0.39, 0.29) is 24.9 Å². The molecule has 34 heavy (non-hydrogen) atoms. The molecular weight excluding hydrogens is 461 g/mol. The van der Waals surface area contributed by atoms with Crippen LogP contribution in [0.1, 0.15) is 18.0 Å². The number of piperazine rings is 1. The van der Waals surface area contributed by atoms with Crippen molar-refractivity contribution in [2.45, 2.75) is 18.4 Å². The van der Waals surface area contributed by atoms with Crippen LogP contribution in [0, 0.1) is 23.6 Å². The second-order valence-corrected chi connectivity index (χ2v) is 8.34. The Morgan fingerprint density at radius 2 is 1.68 bits per heavy atom. The number of alkyl halides is 2. The minimum absolute atomic E-state index is 0.131. The lowest BCUT2D eigenvalue weighted by Crippen LogP contribution is -2.57. The number of halogens is 5. The number of hydrazone groups is 1. The molecule has 1 atom stereocenters. The fourth-order valence-electron chi connectivity index (χ4n) is 4.22. The minimum Gasteiger partial charge on any atom is -0.342 e. The monoisotopic (exact) mass is 480 g/mol. The van der Waals surface area contributed by atoms with Gasteiger partial charge in [-0.3, -0.25) is 0 Å². The quantitative estimate of drug-likeness (QED) is 0.633. The lowest BCUT2D eigenvalue weighted by molar-refractivity contribution is -0.0270. The number of anilines is 2. The van der Waals surface area contributed by atoms with Crippen molar-refractivity contribution in [1.29, 1.82) is 0 Å². The van der Waals surface area contributed by atoms with Crippen LogP contribution in [0.5, 0.6) is 0 Å². The van der Waals surface area contributed by atoms with Crippen LogP contribution >= 0.6 is 0 Å². The van der Waals surface area contributed by atoms with Crippen molar-refractivity contribution in [2.75, 3.05) is 49.1 Å². The van der Waals surface area contributed by atoms with E-state index in [2.05, 4.69) is 21.3 Å². The molecule has 2 saturated heterocycles. The molecule has 4 heterocycles. The number of benzene rings is 1. The number of amides is 2. The predicted molar refractivity (Wildman–Crippen MR) is 111 cm³/mol. The van der Waals surface area contributed by atoms with Gasteiger partial charge in [-0.15, -0.1) is 0 Å². The Morgan fingerprint density at radius 3 is 2.32 bits per heavy atom. The summed E-state index contributed by atoms with van der Waals surface area (Å²) in [5.41, 5.74) is 0.307. The Hall–Kier alpha value is -3.51. The van der Waals surface area contributed by atoms with Gasteiger partial charge >= 0.3 is 6.03 Å². The van der Waals surface area contributed by atoms with Gasteiger partial charge in [-0.25, -0.2) is 36.7 Å². The molecule has 179 valence electrons. The van der Waals surface area contributed by atoms with Crippen LogP contribution < -0.4 is 9.80 Å². The van der Waals surface area contributed by atoms with Crippen LogP contribution in [0.4, 0.5) is 38.5 Å². The highest BCUT2D eigenvalue weighted by molar-refractivity contribution is 5.78. The van der Waals surface area contributed by atoms with Gasteiger partial charge in [0.1, 0.15) is 17.8 Å². The number of aromatic nitrogens is 2. The topological polar surface area (TPSA) is 68.2 Å². The second-order valence-electron chi connectivity index (χ2n) is 8.34. The third-order valence-electron chi connectivity index (χ3n) is 5.93. The highest BCUT2D eigenvalue weighted by atomic mass is 19.3. The summed E-state index contributed by atoms with van der Waals surface area (Å²) in [5, 5.41) is 5.30. The third kappa shape index (κ3) is 4.21. The molecule has 5 rings (SSSR count). The Labute approximate surface area is 191 Å². The van der Waals surface area contributed by atoms with E-state index in [1.54, 1.807) is 4.90 Å². The van der Waals surface area contributed by atoms with Crippen molar-refractivity contribution < 1.29 is 26.7 Å². The Morgan fingerprint density at radius 1 is 1.00 bits per heavy atom. The average Bonchev–Trinajstić information content (AvgIpc) is 3.27. The highest BCUT2D eigenvalue weighted by Gasteiger charge is 2.45. The SMILES string of the molecule is O=C(N1CCN(c2n[c]c(F)c(N3CC(F)(F)C3)n2)CC1)N1N=CC[C@H]1c1cc(F)cc(F)c1. The van der Waals surface area contributed by atoms with Gasteiger partial charge in [0.25, 0.3) is 5.92 Å². The fourth-order valence-corrected chi connectivity index (χ4v) is 4.22. The summed E-state index contributed by atoms with van der Waals surface area (Å²) in [5.74, 6) is -5.35. The minimum atomic E-state index is -2.88. The van der Waals surface area contributed by atoms with Gasteiger partial charge in [-0.05, 0) is 17.7 Å². The van der Waals surface area contributed by atoms with Crippen molar-refractivity contribution in [3.05, 3.63) is 47.4 Å². The largest absolute Gasteiger partial charge is 0.342 e. The summed E-state index contributed by atoms with van der Waals surface area (Å²) >= 11 is 0. The number of carbonyl (C=O) groups excluding carboxylic acids is 1. The van der Waals surface area contributed by atoms with E-state index in [4.69, 9.17) is 0 Å². The summed E-state index contributed by atoms with van der Waals surface area (Å²) in [6.45, 7) is -0.123. The number of hydrogen-bond acceptors (Lipinski definition) is 6. The van der Waals surface area contributed by atoms with E-state index in [9.17, 15) is 26.7 Å². The smallest absolute Gasteiger partial charge is 0.341 e. The molecule has 2 amide bonds. The summed E-state index contributed by atoms with van der Waals surface area (Å²) in [4.78, 5) is 25.4. The molecule has 0 unspecified atom stereocenters. The molecule has 0 spiro atoms. The molecule has 1 aromatic heterocycles. The van der Waals surface area contributed by atoms with Gasteiger partial charge in [-0.1, -0.05) is 0 Å². The highest BCUT2D eigenvalue weighted by Crippen LogP contribution is 2.33. The summed E-state index contributed by atoms with van der Waals surface area (Å²) in [6.07, 6.45) is 4.02. The van der Waals surface area contributed by atoms with Gasteiger partial charge in [0.05, 0.1) is 19.1 Å². The van der Waals surface area contributed by atoms with Crippen LogP contribution in [-0.2, 0) is 0 Å². The normalized spacial score (nSPS) is 21.7. The lowest BCUT2D eigenvalue weighted by atomic mass is 10.0. The zero-order valence-corrected chi connectivity index (χ0v) is 17.8. The van der Waals surface area contributed by atoms with Crippen molar-refractivity contribution in [3.63, 3.8) is 0 Å². The van der Waals surface area contributed by atoms with Crippen LogP contribution in [0.2, 0.25) is 0 Å². The maximum absolute atomic E-state index is 14.0. The predicted octanol–water partition coefficient (Wildman–Crippen LogP) is 2.82. The van der Waals surface area contributed by atoms with Gasteiger partial charge < -0.3 is 14.7 Å². The van der Waals surface area contributed by atoms with E-state index in [0.717, 1.165) is 11.0 Å². The first-order chi connectivity index (χ1) is 16.2. The molecule has 13 heteroatoms. The molecule has 0 bridgehead atoms. The van der Waals surface area contributed by atoms with Crippen molar-refractivity contribution >= 4 is 24.0 Å². The average molecular weight is 480 g/mol. The van der Waals surface area contributed by atoms with Gasteiger partial charge in [-0.2, -0.15) is 10.1 Å². The van der Waals surface area contributed by atoms with Crippen LogP contribution in [0.25, 0.3) is 0 Å². The second kappa shape index (κ2) is 8.37. The Balaban J connectivity index is 1.24. The number of urea groups is 1. The number of hydrogen-bond donors (Lipinski definition) is 0. The summed E-state index contributed by atoms with van der Waals surface area (Å²) in [7, 11) is 0. The van der Waals surface area contributed by atoms with E-state index in [1.807, 2.05) is 0 Å². The zero-order valence-electron chi connectivity index (χ0n) is 17.8. The number of nitrogens with zero attached hydrogens (tertiary/aromatic N) is 7. The summed E-state index contributed by atoms with van der Waals surface area (Å²) in [6, 6.07) is 2.07. The number of carbonyl (C=O) groups is 1. The molecule has 8 nitrogen and oxygen atoms in total. The molecule has 1 aromatic carbocycles. The molecule has 1 radical (unpaired) electrons. The standard InChI is InChI=1S/C21H19F5N7O/c22-14-7-13(8-15(23)9-14)17-1-2-28-33(17)20(34)31-5-3-30(4-6-31)19-27-10-16(24)18(29-19)32-11-21(25,26)12-32/h2,7-9,17H,1,3-6,11-12H2/t17-/m0/s1. The van der Waals surface area contributed by atoms with E-state index >= 15 is 0 Å². The molecule has 3 aliphatic rings. The van der Waals surface area contributed by atoms with Crippen molar-refractivity contribution in [3.8, 4) is 0 Å². The van der Waals surface area contributed by atoms with Crippen LogP contribution in [0.3, 0.4) is 0 Å². The lowest BCUT2D eigenvalue weighted by Gasteiger charge is -2.40. The molecule has 2 fully saturated rings. The first-order valence-corrected chi connectivity index (χ1v) is 10.6. The zero-order chi connectivity index (χ0) is 24.0. The molecule has 0 aliphatic carbocycles. The molecule has 3 aliphatic heterocycles. The van der Waals surface area contributed by atoms with Crippen molar-refractivity contribution in [1.82, 2.24) is 19.9 Å².